The van der Waals surface area contributed by atoms with Gasteiger partial charge in [-0.25, -0.2) is 4.79 Å². The molecule has 0 spiro atoms. The van der Waals surface area contributed by atoms with Gasteiger partial charge in [-0.1, -0.05) is 29.6 Å². The van der Waals surface area contributed by atoms with Crippen LogP contribution in [0.25, 0.3) is 0 Å². The lowest BCUT2D eigenvalue weighted by Gasteiger charge is -2.24. The van der Waals surface area contributed by atoms with Crippen molar-refractivity contribution in [2.75, 3.05) is 5.32 Å². The van der Waals surface area contributed by atoms with Crippen molar-refractivity contribution in [2.24, 2.45) is 5.92 Å². The van der Waals surface area contributed by atoms with E-state index in [1.165, 1.54) is 12.1 Å². The van der Waals surface area contributed by atoms with Crippen LogP contribution < -0.4 is 10.1 Å². The van der Waals surface area contributed by atoms with Crippen LogP contribution in [0.15, 0.2) is 42.5 Å². The van der Waals surface area contributed by atoms with E-state index >= 15 is 0 Å². The Morgan fingerprint density at radius 1 is 1.00 bits per heavy atom. The summed E-state index contributed by atoms with van der Waals surface area (Å²) in [7, 11) is 0. The SMILES string of the molecule is O=C(Oc1cc(Cl)cc(Cl)c1)c1ccc(NC(=O)C2CCC2)cc1. The summed E-state index contributed by atoms with van der Waals surface area (Å²) < 4.78 is 5.25. The Morgan fingerprint density at radius 3 is 2.17 bits per heavy atom. The van der Waals surface area contributed by atoms with Gasteiger partial charge >= 0.3 is 5.97 Å². The second-order valence-corrected chi connectivity index (χ2v) is 6.56. The molecular formula is C18H15Cl2NO3. The highest BCUT2D eigenvalue weighted by molar-refractivity contribution is 6.34. The van der Waals surface area contributed by atoms with Crippen LogP contribution in [0.1, 0.15) is 29.6 Å². The number of hydrogen-bond acceptors (Lipinski definition) is 3. The summed E-state index contributed by atoms with van der Waals surface area (Å²) in [6, 6.07) is 11.1. The number of carbonyl (C=O) groups is 2. The highest BCUT2D eigenvalue weighted by atomic mass is 35.5. The van der Waals surface area contributed by atoms with Crippen molar-refractivity contribution in [3.05, 3.63) is 58.1 Å². The number of nitrogens with one attached hydrogen (secondary N) is 1. The summed E-state index contributed by atoms with van der Waals surface area (Å²) in [5.41, 5.74) is 1.03. The van der Waals surface area contributed by atoms with Gasteiger partial charge in [0, 0.05) is 21.7 Å². The maximum absolute atomic E-state index is 12.1. The van der Waals surface area contributed by atoms with Gasteiger partial charge in [0.05, 0.1) is 5.56 Å². The molecule has 24 heavy (non-hydrogen) atoms. The van der Waals surface area contributed by atoms with Crippen LogP contribution in [0.5, 0.6) is 5.75 Å². The summed E-state index contributed by atoms with van der Waals surface area (Å²) in [5.74, 6) is -0.0996. The summed E-state index contributed by atoms with van der Waals surface area (Å²) in [4.78, 5) is 24.0. The fourth-order valence-electron chi connectivity index (χ4n) is 2.36. The van der Waals surface area contributed by atoms with Crippen molar-refractivity contribution in [3.63, 3.8) is 0 Å². The highest BCUT2D eigenvalue weighted by Crippen LogP contribution is 2.28. The standard InChI is InChI=1S/C18H15Cl2NO3/c19-13-8-14(20)10-16(9-13)24-18(23)12-4-6-15(7-5-12)21-17(22)11-2-1-3-11/h4-11H,1-3H2,(H,21,22). The summed E-state index contributed by atoms with van der Waals surface area (Å²) in [6.45, 7) is 0. The molecule has 0 aromatic heterocycles. The van der Waals surface area contributed by atoms with E-state index in [1.807, 2.05) is 0 Å². The Hall–Kier alpha value is -2.04. The number of carbonyl (C=O) groups excluding carboxylic acids is 2. The molecule has 1 aliphatic carbocycles. The maximum Gasteiger partial charge on any atom is 0.343 e. The van der Waals surface area contributed by atoms with Crippen molar-refractivity contribution in [3.8, 4) is 5.75 Å². The zero-order chi connectivity index (χ0) is 17.1. The van der Waals surface area contributed by atoms with Crippen molar-refractivity contribution in [1.29, 1.82) is 0 Å². The van der Waals surface area contributed by atoms with Gasteiger partial charge in [0.25, 0.3) is 0 Å². The number of amides is 1. The van der Waals surface area contributed by atoms with E-state index < -0.39 is 5.97 Å². The van der Waals surface area contributed by atoms with E-state index in [0.29, 0.717) is 21.3 Å². The first-order valence-corrected chi connectivity index (χ1v) is 8.36. The second-order valence-electron chi connectivity index (χ2n) is 5.69. The monoisotopic (exact) mass is 363 g/mol. The first kappa shape index (κ1) is 16.8. The summed E-state index contributed by atoms with van der Waals surface area (Å²) in [6.07, 6.45) is 2.99. The molecule has 1 saturated carbocycles. The Morgan fingerprint density at radius 2 is 1.62 bits per heavy atom. The number of benzene rings is 2. The molecule has 1 fully saturated rings. The minimum absolute atomic E-state index is 0.0325. The minimum Gasteiger partial charge on any atom is -0.423 e. The van der Waals surface area contributed by atoms with Gasteiger partial charge in [0.1, 0.15) is 5.75 Å². The first-order chi connectivity index (χ1) is 11.5. The lowest BCUT2D eigenvalue weighted by atomic mass is 9.85. The molecule has 0 heterocycles. The van der Waals surface area contributed by atoms with Crippen molar-refractivity contribution >= 4 is 40.8 Å². The highest BCUT2D eigenvalue weighted by Gasteiger charge is 2.25. The lowest BCUT2D eigenvalue weighted by molar-refractivity contribution is -0.122. The van der Waals surface area contributed by atoms with E-state index in [0.717, 1.165) is 19.3 Å². The predicted octanol–water partition coefficient (Wildman–Crippen LogP) is 4.95. The molecule has 124 valence electrons. The molecule has 3 rings (SSSR count). The lowest BCUT2D eigenvalue weighted by Crippen LogP contribution is -2.28. The van der Waals surface area contributed by atoms with Gasteiger partial charge < -0.3 is 10.1 Å². The smallest absolute Gasteiger partial charge is 0.343 e. The number of hydrogen-bond donors (Lipinski definition) is 1. The maximum atomic E-state index is 12.1. The summed E-state index contributed by atoms with van der Waals surface area (Å²) >= 11 is 11.8. The molecule has 1 amide bonds. The van der Waals surface area contributed by atoms with Crippen molar-refractivity contribution in [1.82, 2.24) is 0 Å². The molecule has 2 aromatic carbocycles. The van der Waals surface area contributed by atoms with Crippen LogP contribution in [-0.4, -0.2) is 11.9 Å². The fraction of sp³-hybridized carbons (Fsp3) is 0.222. The van der Waals surface area contributed by atoms with Crippen LogP contribution in [0.2, 0.25) is 10.0 Å². The van der Waals surface area contributed by atoms with E-state index in [4.69, 9.17) is 27.9 Å². The fourth-order valence-corrected chi connectivity index (χ4v) is 2.86. The van der Waals surface area contributed by atoms with Gasteiger partial charge in [0.2, 0.25) is 5.91 Å². The van der Waals surface area contributed by atoms with E-state index in [-0.39, 0.29) is 17.6 Å². The Labute approximate surface area is 149 Å². The van der Waals surface area contributed by atoms with Crippen LogP contribution in [-0.2, 0) is 4.79 Å². The van der Waals surface area contributed by atoms with E-state index in [1.54, 1.807) is 30.3 Å². The third-order valence-corrected chi connectivity index (χ3v) is 4.35. The molecule has 1 N–H and O–H groups in total. The number of anilines is 1. The molecule has 4 nitrogen and oxygen atoms in total. The third kappa shape index (κ3) is 4.08. The molecule has 0 radical (unpaired) electrons. The van der Waals surface area contributed by atoms with Gasteiger partial charge in [-0.3, -0.25) is 4.79 Å². The van der Waals surface area contributed by atoms with E-state index in [9.17, 15) is 9.59 Å². The molecule has 0 unspecified atom stereocenters. The topological polar surface area (TPSA) is 55.4 Å². The Bertz CT molecular complexity index is 750. The first-order valence-electron chi connectivity index (χ1n) is 7.60. The normalized spacial score (nSPS) is 13.9. The molecule has 6 heteroatoms. The number of rotatable bonds is 4. The van der Waals surface area contributed by atoms with Gasteiger partial charge in [-0.15, -0.1) is 0 Å². The zero-order valence-corrected chi connectivity index (χ0v) is 14.2. The molecular weight excluding hydrogens is 349 g/mol. The van der Waals surface area contributed by atoms with Crippen LogP contribution in [0.3, 0.4) is 0 Å². The molecule has 1 aliphatic rings. The molecule has 2 aromatic rings. The van der Waals surface area contributed by atoms with Crippen LogP contribution in [0, 0.1) is 5.92 Å². The largest absolute Gasteiger partial charge is 0.423 e. The number of ether oxygens (including phenoxy) is 1. The Kier molecular flexibility index (Phi) is 5.07. The number of esters is 1. The minimum atomic E-state index is -0.523. The quantitative estimate of drug-likeness (QED) is 0.617. The van der Waals surface area contributed by atoms with Gasteiger partial charge in [-0.05, 0) is 55.3 Å². The number of halogens is 2. The molecule has 0 atom stereocenters. The van der Waals surface area contributed by atoms with Gasteiger partial charge in [0.15, 0.2) is 0 Å². The van der Waals surface area contributed by atoms with Crippen LogP contribution in [0.4, 0.5) is 5.69 Å². The van der Waals surface area contributed by atoms with Crippen LogP contribution >= 0.6 is 23.2 Å². The second kappa shape index (κ2) is 7.24. The Balaban J connectivity index is 1.63. The van der Waals surface area contributed by atoms with Crippen molar-refractivity contribution < 1.29 is 14.3 Å². The zero-order valence-electron chi connectivity index (χ0n) is 12.7. The molecule has 0 saturated heterocycles. The molecule has 0 aliphatic heterocycles. The van der Waals surface area contributed by atoms with Crippen molar-refractivity contribution in [2.45, 2.75) is 19.3 Å². The van der Waals surface area contributed by atoms with E-state index in [2.05, 4.69) is 5.32 Å². The predicted molar refractivity (Wildman–Crippen MR) is 93.8 cm³/mol. The average Bonchev–Trinajstić information content (AvgIpc) is 2.44. The molecule has 0 bridgehead atoms. The summed E-state index contributed by atoms with van der Waals surface area (Å²) in [5, 5.41) is 3.63. The van der Waals surface area contributed by atoms with Gasteiger partial charge in [-0.2, -0.15) is 0 Å². The third-order valence-electron chi connectivity index (χ3n) is 3.91. The average molecular weight is 364 g/mol.